The molecule has 0 bridgehead atoms. The number of benzene rings is 1. The smallest absolute Gasteiger partial charge is 0.136 e. The molecule has 1 aromatic carbocycles. The van der Waals surface area contributed by atoms with E-state index in [0.29, 0.717) is 12.8 Å². The normalized spacial score (nSPS) is 10.4. The molecule has 0 fully saturated rings. The Bertz CT molecular complexity index is 456. The maximum atomic E-state index is 11.9. The third kappa shape index (κ3) is 6.96. The van der Waals surface area contributed by atoms with Crippen LogP contribution in [0.3, 0.4) is 0 Å². The Hall–Kier alpha value is -1.07. The van der Waals surface area contributed by atoms with Crippen molar-refractivity contribution in [2.45, 2.75) is 33.1 Å². The number of aryl methyl sites for hydroxylation is 1. The molecule has 5 heteroatoms. The van der Waals surface area contributed by atoms with E-state index in [9.17, 15) is 9.90 Å². The third-order valence-corrected chi connectivity index (χ3v) is 4.78. The van der Waals surface area contributed by atoms with Gasteiger partial charge >= 0.3 is 0 Å². The summed E-state index contributed by atoms with van der Waals surface area (Å²) in [6.07, 6.45) is 1.83. The highest BCUT2D eigenvalue weighted by Crippen LogP contribution is 2.14. The molecule has 1 aromatic rings. The number of hydrogen-bond donors (Lipinski definition) is 1. The lowest BCUT2D eigenvalue weighted by atomic mass is 10.1. The molecule has 1 N–H and O–H groups in total. The van der Waals surface area contributed by atoms with Gasteiger partial charge in [0.1, 0.15) is 15.9 Å². The molecule has 0 aliphatic carbocycles. The topological polar surface area (TPSA) is 40.5 Å². The first-order valence-electron chi connectivity index (χ1n) is 7.28. The van der Waals surface area contributed by atoms with Crippen LogP contribution in [0.4, 0.5) is 0 Å². The zero-order valence-electron chi connectivity index (χ0n) is 12.7. The predicted octanol–water partition coefficient (Wildman–Crippen LogP) is 3.64. The molecule has 0 aliphatic rings. The van der Waals surface area contributed by atoms with Gasteiger partial charge in [0.25, 0.3) is 0 Å². The summed E-state index contributed by atoms with van der Waals surface area (Å²) in [5.74, 6) is 1.27. The molecule has 3 nitrogen and oxygen atoms in total. The van der Waals surface area contributed by atoms with E-state index in [1.807, 2.05) is 12.1 Å². The van der Waals surface area contributed by atoms with E-state index in [2.05, 4.69) is 18.7 Å². The number of nitrogens with zero attached hydrogens (tertiary/aromatic N) is 1. The van der Waals surface area contributed by atoms with E-state index in [1.54, 1.807) is 23.9 Å². The van der Waals surface area contributed by atoms with Gasteiger partial charge in [0.05, 0.1) is 0 Å². The first-order chi connectivity index (χ1) is 10.1. The van der Waals surface area contributed by atoms with Crippen molar-refractivity contribution >= 4 is 34.1 Å². The second-order valence-electron chi connectivity index (χ2n) is 4.74. The van der Waals surface area contributed by atoms with E-state index >= 15 is 0 Å². The van der Waals surface area contributed by atoms with Crippen LogP contribution in [0.1, 0.15) is 32.3 Å². The van der Waals surface area contributed by atoms with Crippen molar-refractivity contribution in [3.63, 3.8) is 0 Å². The number of ketones is 1. The van der Waals surface area contributed by atoms with Crippen molar-refractivity contribution in [1.82, 2.24) is 4.90 Å². The number of carbonyl (C=O) groups is 1. The second-order valence-corrected chi connectivity index (χ2v) is 6.47. The standard InChI is InChI=1S/C16H23NO2S2/c1-3-17(4-2)16(20)21-12-11-15(19)10-7-13-5-8-14(18)9-6-13/h5-6,8-9,18H,3-4,7,10-12H2,1-2H3. The van der Waals surface area contributed by atoms with Crippen LogP contribution in [0.25, 0.3) is 0 Å². The number of carbonyl (C=O) groups excluding carboxylic acids is 1. The van der Waals surface area contributed by atoms with Crippen molar-refractivity contribution in [3.05, 3.63) is 29.8 Å². The van der Waals surface area contributed by atoms with Gasteiger partial charge in [-0.15, -0.1) is 0 Å². The predicted molar refractivity (Wildman–Crippen MR) is 94.0 cm³/mol. The summed E-state index contributed by atoms with van der Waals surface area (Å²) in [7, 11) is 0. The Morgan fingerprint density at radius 1 is 1.19 bits per heavy atom. The van der Waals surface area contributed by atoms with Gasteiger partial charge in [-0.25, -0.2) is 0 Å². The van der Waals surface area contributed by atoms with Crippen LogP contribution in [-0.4, -0.2) is 39.0 Å². The fourth-order valence-electron chi connectivity index (χ4n) is 1.90. The molecule has 116 valence electrons. The Morgan fingerprint density at radius 2 is 1.81 bits per heavy atom. The van der Waals surface area contributed by atoms with Crippen LogP contribution in [0.15, 0.2) is 24.3 Å². The molecule has 21 heavy (non-hydrogen) atoms. The van der Waals surface area contributed by atoms with Crippen molar-refractivity contribution in [2.75, 3.05) is 18.8 Å². The lowest BCUT2D eigenvalue weighted by molar-refractivity contribution is -0.118. The summed E-state index contributed by atoms with van der Waals surface area (Å²) in [6, 6.07) is 7.01. The number of thiocarbonyl (C=S) groups is 1. The minimum absolute atomic E-state index is 0.256. The average molecular weight is 325 g/mol. The van der Waals surface area contributed by atoms with Crippen LogP contribution in [0.2, 0.25) is 0 Å². The van der Waals surface area contributed by atoms with E-state index in [-0.39, 0.29) is 11.5 Å². The van der Waals surface area contributed by atoms with Gasteiger partial charge in [-0.2, -0.15) is 0 Å². The maximum absolute atomic E-state index is 11.9. The Labute approximate surface area is 136 Å². The third-order valence-electron chi connectivity index (χ3n) is 3.26. The minimum atomic E-state index is 0.256. The summed E-state index contributed by atoms with van der Waals surface area (Å²) in [5, 5.41) is 9.20. The molecule has 0 radical (unpaired) electrons. The highest BCUT2D eigenvalue weighted by molar-refractivity contribution is 8.22. The number of hydrogen-bond acceptors (Lipinski definition) is 4. The van der Waals surface area contributed by atoms with Crippen molar-refractivity contribution in [2.24, 2.45) is 0 Å². The van der Waals surface area contributed by atoms with Gasteiger partial charge in [0, 0.05) is 31.7 Å². The molecule has 0 spiro atoms. The van der Waals surface area contributed by atoms with Gasteiger partial charge in [0.15, 0.2) is 0 Å². The van der Waals surface area contributed by atoms with Crippen molar-refractivity contribution in [1.29, 1.82) is 0 Å². The van der Waals surface area contributed by atoms with Gasteiger partial charge < -0.3 is 10.0 Å². The highest BCUT2D eigenvalue weighted by Gasteiger charge is 2.08. The molecular formula is C16H23NO2S2. The van der Waals surface area contributed by atoms with E-state index in [0.717, 1.165) is 35.1 Å². The largest absolute Gasteiger partial charge is 0.508 e. The molecule has 0 unspecified atom stereocenters. The second kappa shape index (κ2) is 9.79. The molecule has 0 aromatic heterocycles. The van der Waals surface area contributed by atoms with Crippen LogP contribution in [-0.2, 0) is 11.2 Å². The average Bonchev–Trinajstić information content (AvgIpc) is 2.48. The lowest BCUT2D eigenvalue weighted by Gasteiger charge is -2.20. The summed E-state index contributed by atoms with van der Waals surface area (Å²) in [6.45, 7) is 5.99. The zero-order valence-corrected chi connectivity index (χ0v) is 14.3. The van der Waals surface area contributed by atoms with Crippen molar-refractivity contribution in [3.8, 4) is 5.75 Å². The van der Waals surface area contributed by atoms with Gasteiger partial charge in [-0.3, -0.25) is 4.79 Å². The van der Waals surface area contributed by atoms with Gasteiger partial charge in [0.2, 0.25) is 0 Å². The summed E-state index contributed by atoms with van der Waals surface area (Å²) in [5.41, 5.74) is 1.08. The van der Waals surface area contributed by atoms with E-state index < -0.39 is 0 Å². The molecule has 0 amide bonds. The van der Waals surface area contributed by atoms with Crippen molar-refractivity contribution < 1.29 is 9.90 Å². The van der Waals surface area contributed by atoms with Crippen LogP contribution in [0.5, 0.6) is 5.75 Å². The Kier molecular flexibility index (Phi) is 8.38. The molecular weight excluding hydrogens is 302 g/mol. The number of thioether (sulfide) groups is 1. The monoisotopic (exact) mass is 325 g/mol. The molecule has 0 atom stereocenters. The first kappa shape index (κ1) is 18.0. The maximum Gasteiger partial charge on any atom is 0.136 e. The lowest BCUT2D eigenvalue weighted by Crippen LogP contribution is -2.26. The fraction of sp³-hybridized carbons (Fsp3) is 0.500. The highest BCUT2D eigenvalue weighted by atomic mass is 32.2. The summed E-state index contributed by atoms with van der Waals surface area (Å²) < 4.78 is 0.881. The first-order valence-corrected chi connectivity index (χ1v) is 8.67. The fourth-order valence-corrected chi connectivity index (χ4v) is 3.35. The zero-order chi connectivity index (χ0) is 15.7. The minimum Gasteiger partial charge on any atom is -0.508 e. The molecule has 0 heterocycles. The SMILES string of the molecule is CCN(CC)C(=S)SCCC(=O)CCc1ccc(O)cc1. The van der Waals surface area contributed by atoms with E-state index in [4.69, 9.17) is 12.2 Å². The van der Waals surface area contributed by atoms with Gasteiger partial charge in [-0.05, 0) is 38.0 Å². The molecule has 0 saturated heterocycles. The molecule has 1 rings (SSSR count). The number of phenolic OH excluding ortho intramolecular Hbond substituents is 1. The number of aromatic hydroxyl groups is 1. The van der Waals surface area contributed by atoms with Crippen LogP contribution < -0.4 is 0 Å². The summed E-state index contributed by atoms with van der Waals surface area (Å²) in [4.78, 5) is 14.0. The quantitative estimate of drug-likeness (QED) is 0.739. The van der Waals surface area contributed by atoms with E-state index in [1.165, 1.54) is 0 Å². The Balaban J connectivity index is 2.22. The van der Waals surface area contributed by atoms with Crippen LogP contribution in [0, 0.1) is 0 Å². The Morgan fingerprint density at radius 3 is 2.38 bits per heavy atom. The summed E-state index contributed by atoms with van der Waals surface area (Å²) >= 11 is 6.92. The molecule has 0 saturated carbocycles. The van der Waals surface area contributed by atoms with Gasteiger partial charge in [-0.1, -0.05) is 36.1 Å². The molecule has 0 aliphatic heterocycles. The number of rotatable bonds is 8. The number of phenols is 1. The number of Topliss-reactive ketones (excluding diaryl/α,β-unsaturated/α-hetero) is 1. The van der Waals surface area contributed by atoms with Crippen LogP contribution >= 0.6 is 24.0 Å².